The highest BCUT2D eigenvalue weighted by atomic mass is 16.6. The first-order valence-corrected chi connectivity index (χ1v) is 5.01. The van der Waals surface area contributed by atoms with Crippen LogP contribution in [0, 0.1) is 11.3 Å². The Balaban J connectivity index is 2.30. The lowest BCUT2D eigenvalue weighted by Gasteiger charge is -2.39. The molecule has 1 saturated carbocycles. The van der Waals surface area contributed by atoms with Crippen LogP contribution in [0.2, 0.25) is 0 Å². The van der Waals surface area contributed by atoms with Gasteiger partial charge in [-0.1, -0.05) is 20.8 Å². The summed E-state index contributed by atoms with van der Waals surface area (Å²) in [5, 5.41) is 0. The third kappa shape index (κ3) is 0.783. The average molecular weight is 168 g/mol. The van der Waals surface area contributed by atoms with E-state index < -0.39 is 0 Å². The molecule has 3 atom stereocenters. The highest BCUT2D eigenvalue weighted by Crippen LogP contribution is 2.65. The zero-order chi connectivity index (χ0) is 9.20. The summed E-state index contributed by atoms with van der Waals surface area (Å²) < 4.78 is 5.94. The molecule has 1 aliphatic carbocycles. The molecule has 0 amide bonds. The number of fused-ring (bicyclic) bond motifs is 1. The zero-order valence-electron chi connectivity index (χ0n) is 8.90. The van der Waals surface area contributed by atoms with Crippen molar-refractivity contribution in [3.8, 4) is 0 Å². The van der Waals surface area contributed by atoms with E-state index in [2.05, 4.69) is 34.6 Å². The summed E-state index contributed by atoms with van der Waals surface area (Å²) in [7, 11) is 0. The molecular formula is C11H20O. The molecule has 70 valence electrons. The van der Waals surface area contributed by atoms with E-state index in [0.29, 0.717) is 5.41 Å². The molecule has 1 heteroatoms. The van der Waals surface area contributed by atoms with Crippen molar-refractivity contribution in [2.45, 2.75) is 58.7 Å². The zero-order valence-corrected chi connectivity index (χ0v) is 8.90. The number of rotatable bonds is 0. The van der Waals surface area contributed by atoms with Gasteiger partial charge in [-0.3, -0.25) is 0 Å². The fourth-order valence-corrected chi connectivity index (χ4v) is 3.32. The SMILES string of the molecule is CC1CC(C)(C)C2(C)OC2(C)C1. The number of ether oxygens (including phenoxy) is 1. The predicted octanol–water partition coefficient (Wildman–Crippen LogP) is 2.99. The monoisotopic (exact) mass is 168 g/mol. The summed E-state index contributed by atoms with van der Waals surface area (Å²) in [5.74, 6) is 0.820. The van der Waals surface area contributed by atoms with Crippen LogP contribution >= 0.6 is 0 Å². The van der Waals surface area contributed by atoms with E-state index in [4.69, 9.17) is 4.74 Å². The van der Waals surface area contributed by atoms with E-state index in [9.17, 15) is 0 Å². The summed E-state index contributed by atoms with van der Waals surface area (Å²) in [4.78, 5) is 0. The molecular weight excluding hydrogens is 148 g/mol. The van der Waals surface area contributed by atoms with Gasteiger partial charge in [0.25, 0.3) is 0 Å². The maximum Gasteiger partial charge on any atom is 0.0999 e. The van der Waals surface area contributed by atoms with Crippen LogP contribution in [0.1, 0.15) is 47.5 Å². The van der Waals surface area contributed by atoms with E-state index in [0.717, 1.165) is 5.92 Å². The van der Waals surface area contributed by atoms with Crippen LogP contribution in [0.25, 0.3) is 0 Å². The Hall–Kier alpha value is -0.0400. The van der Waals surface area contributed by atoms with Crippen molar-refractivity contribution in [1.29, 1.82) is 0 Å². The van der Waals surface area contributed by atoms with Gasteiger partial charge >= 0.3 is 0 Å². The normalized spacial score (nSPS) is 56.2. The Bertz CT molecular complexity index is 221. The third-order valence-corrected chi connectivity index (χ3v) is 4.29. The lowest BCUT2D eigenvalue weighted by atomic mass is 9.62. The van der Waals surface area contributed by atoms with Gasteiger partial charge in [-0.05, 0) is 38.0 Å². The Morgan fingerprint density at radius 2 is 1.67 bits per heavy atom. The molecule has 0 aromatic rings. The van der Waals surface area contributed by atoms with Gasteiger partial charge in [-0.2, -0.15) is 0 Å². The van der Waals surface area contributed by atoms with Gasteiger partial charge in [0, 0.05) is 0 Å². The van der Waals surface area contributed by atoms with E-state index in [1.54, 1.807) is 0 Å². The second-order valence-corrected chi connectivity index (χ2v) is 5.76. The minimum atomic E-state index is 0.159. The van der Waals surface area contributed by atoms with Crippen LogP contribution in [0.3, 0.4) is 0 Å². The molecule has 0 aromatic carbocycles. The molecule has 0 radical (unpaired) electrons. The van der Waals surface area contributed by atoms with Crippen molar-refractivity contribution in [2.24, 2.45) is 11.3 Å². The van der Waals surface area contributed by atoms with Crippen LogP contribution in [0.4, 0.5) is 0 Å². The molecule has 0 N–H and O–H groups in total. The first kappa shape index (κ1) is 8.55. The topological polar surface area (TPSA) is 12.5 Å². The van der Waals surface area contributed by atoms with Crippen molar-refractivity contribution in [2.75, 3.05) is 0 Å². The molecule has 1 nitrogen and oxygen atoms in total. The minimum Gasteiger partial charge on any atom is -0.363 e. The van der Waals surface area contributed by atoms with Crippen LogP contribution in [0.5, 0.6) is 0 Å². The van der Waals surface area contributed by atoms with Gasteiger partial charge in [-0.25, -0.2) is 0 Å². The quantitative estimate of drug-likeness (QED) is 0.507. The lowest BCUT2D eigenvalue weighted by molar-refractivity contribution is 0.118. The summed E-state index contributed by atoms with van der Waals surface area (Å²) in [6.45, 7) is 11.6. The van der Waals surface area contributed by atoms with Gasteiger partial charge < -0.3 is 4.74 Å². The highest BCUT2D eigenvalue weighted by Gasteiger charge is 2.72. The molecule has 1 aliphatic heterocycles. The molecule has 3 unspecified atom stereocenters. The van der Waals surface area contributed by atoms with Crippen LogP contribution in [-0.2, 0) is 4.74 Å². The lowest BCUT2D eigenvalue weighted by Crippen LogP contribution is -2.42. The molecule has 1 heterocycles. The molecule has 2 rings (SSSR count). The largest absolute Gasteiger partial charge is 0.363 e. The molecule has 0 aromatic heterocycles. The first-order valence-electron chi connectivity index (χ1n) is 5.01. The first-order chi connectivity index (χ1) is 5.31. The van der Waals surface area contributed by atoms with Gasteiger partial charge in [0.1, 0.15) is 0 Å². The van der Waals surface area contributed by atoms with Gasteiger partial charge in [0.05, 0.1) is 11.2 Å². The molecule has 2 fully saturated rings. The van der Waals surface area contributed by atoms with E-state index in [-0.39, 0.29) is 11.2 Å². The van der Waals surface area contributed by atoms with Crippen molar-refractivity contribution in [1.82, 2.24) is 0 Å². The predicted molar refractivity (Wildman–Crippen MR) is 50.1 cm³/mol. The Morgan fingerprint density at radius 3 is 2.17 bits per heavy atom. The van der Waals surface area contributed by atoms with Crippen LogP contribution in [0.15, 0.2) is 0 Å². The second-order valence-electron chi connectivity index (χ2n) is 5.76. The highest BCUT2D eigenvalue weighted by molar-refractivity contribution is 5.20. The smallest absolute Gasteiger partial charge is 0.0999 e. The van der Waals surface area contributed by atoms with Crippen LogP contribution < -0.4 is 0 Å². The number of epoxide rings is 1. The minimum absolute atomic E-state index is 0.159. The van der Waals surface area contributed by atoms with Gasteiger partial charge in [-0.15, -0.1) is 0 Å². The molecule has 12 heavy (non-hydrogen) atoms. The van der Waals surface area contributed by atoms with Crippen molar-refractivity contribution in [3.05, 3.63) is 0 Å². The van der Waals surface area contributed by atoms with E-state index in [1.807, 2.05) is 0 Å². The fraction of sp³-hybridized carbons (Fsp3) is 1.00. The Morgan fingerprint density at radius 1 is 1.08 bits per heavy atom. The maximum atomic E-state index is 5.94. The van der Waals surface area contributed by atoms with E-state index >= 15 is 0 Å². The molecule has 2 aliphatic rings. The summed E-state index contributed by atoms with van der Waals surface area (Å²) in [6.07, 6.45) is 2.55. The molecule has 0 bridgehead atoms. The number of hydrogen-bond donors (Lipinski definition) is 0. The Labute approximate surface area is 75.5 Å². The second kappa shape index (κ2) is 1.89. The third-order valence-electron chi connectivity index (χ3n) is 4.29. The van der Waals surface area contributed by atoms with Crippen LogP contribution in [-0.4, -0.2) is 11.2 Å². The van der Waals surface area contributed by atoms with Crippen molar-refractivity contribution >= 4 is 0 Å². The number of hydrogen-bond acceptors (Lipinski definition) is 1. The van der Waals surface area contributed by atoms with E-state index in [1.165, 1.54) is 12.8 Å². The fourth-order valence-electron chi connectivity index (χ4n) is 3.32. The standard InChI is InChI=1S/C11H20O/c1-8-6-9(2,3)11(5)10(4,7-8)12-11/h8H,6-7H2,1-5H3. The Kier molecular flexibility index (Phi) is 1.35. The molecule has 1 saturated heterocycles. The van der Waals surface area contributed by atoms with Crippen molar-refractivity contribution in [3.63, 3.8) is 0 Å². The summed E-state index contributed by atoms with van der Waals surface area (Å²) in [6, 6.07) is 0. The van der Waals surface area contributed by atoms with Gasteiger partial charge in [0.15, 0.2) is 0 Å². The van der Waals surface area contributed by atoms with Gasteiger partial charge in [0.2, 0.25) is 0 Å². The van der Waals surface area contributed by atoms with Crippen molar-refractivity contribution < 1.29 is 4.74 Å². The summed E-state index contributed by atoms with van der Waals surface area (Å²) >= 11 is 0. The molecule has 0 spiro atoms. The average Bonchev–Trinajstić information content (AvgIpc) is 2.32. The summed E-state index contributed by atoms with van der Waals surface area (Å²) in [5.41, 5.74) is 0.708. The maximum absolute atomic E-state index is 5.94.